The summed E-state index contributed by atoms with van der Waals surface area (Å²) >= 11 is 3.45. The molecule has 0 radical (unpaired) electrons. The number of carbonyl (C=O) groups is 1. The first-order valence-corrected chi connectivity index (χ1v) is 7.53. The van der Waals surface area contributed by atoms with Crippen molar-refractivity contribution in [2.24, 2.45) is 0 Å². The van der Waals surface area contributed by atoms with Gasteiger partial charge < -0.3 is 4.79 Å². The van der Waals surface area contributed by atoms with E-state index in [-0.39, 0.29) is 0 Å². The van der Waals surface area contributed by atoms with Crippen molar-refractivity contribution in [3.63, 3.8) is 0 Å². The minimum atomic E-state index is 0.756. The lowest BCUT2D eigenvalue weighted by molar-refractivity contribution is -0.107. The van der Waals surface area contributed by atoms with Gasteiger partial charge in [-0.1, -0.05) is 67.3 Å². The van der Waals surface area contributed by atoms with Crippen LogP contribution in [0.3, 0.4) is 0 Å². The molecule has 0 saturated carbocycles. The van der Waals surface area contributed by atoms with Gasteiger partial charge in [-0.15, -0.1) is 0 Å². The molecular weight excluding hydrogens is 252 g/mol. The van der Waals surface area contributed by atoms with Gasteiger partial charge in [0.25, 0.3) is 0 Å². The lowest BCUT2D eigenvalue weighted by atomic mass is 10.1. The maximum atomic E-state index is 10.1. The fraction of sp³-hybridized carbons (Fsp3) is 0.923. The van der Waals surface area contributed by atoms with Crippen molar-refractivity contribution in [3.05, 3.63) is 0 Å². The summed E-state index contributed by atoms with van der Waals surface area (Å²) in [5, 5.41) is 1.16. The molecule has 0 aliphatic rings. The Morgan fingerprint density at radius 3 is 1.47 bits per heavy atom. The predicted molar refractivity (Wildman–Crippen MR) is 70.6 cm³/mol. The van der Waals surface area contributed by atoms with Crippen LogP contribution in [0.2, 0.25) is 0 Å². The second-order valence-corrected chi connectivity index (χ2v) is 4.97. The summed E-state index contributed by atoms with van der Waals surface area (Å²) < 4.78 is 0. The van der Waals surface area contributed by atoms with Crippen LogP contribution in [0.25, 0.3) is 0 Å². The normalized spacial score (nSPS) is 10.5. The van der Waals surface area contributed by atoms with Crippen LogP contribution >= 0.6 is 15.9 Å². The average molecular weight is 277 g/mol. The molecule has 0 rings (SSSR count). The third kappa shape index (κ3) is 14.2. The molecule has 0 fully saturated rings. The molecule has 0 heterocycles. The second-order valence-electron chi connectivity index (χ2n) is 4.18. The maximum Gasteiger partial charge on any atom is 0.119 e. The van der Waals surface area contributed by atoms with Gasteiger partial charge in [0.1, 0.15) is 6.29 Å². The van der Waals surface area contributed by atoms with Gasteiger partial charge in [0.2, 0.25) is 0 Å². The summed E-state index contributed by atoms with van der Waals surface area (Å²) in [6.07, 6.45) is 15.1. The molecule has 0 aliphatic carbocycles. The first-order valence-electron chi connectivity index (χ1n) is 6.41. The zero-order valence-corrected chi connectivity index (χ0v) is 11.4. The van der Waals surface area contributed by atoms with Gasteiger partial charge in [-0.3, -0.25) is 0 Å². The van der Waals surface area contributed by atoms with Crippen molar-refractivity contribution in [2.75, 3.05) is 5.33 Å². The van der Waals surface area contributed by atoms with E-state index < -0.39 is 0 Å². The first kappa shape index (κ1) is 15.2. The minimum Gasteiger partial charge on any atom is -0.303 e. The van der Waals surface area contributed by atoms with Crippen LogP contribution in [0.15, 0.2) is 0 Å². The molecular formula is C13H25BrO. The number of rotatable bonds is 12. The molecule has 0 spiro atoms. The molecule has 0 unspecified atom stereocenters. The Labute approximate surface area is 103 Å². The number of hydrogen-bond acceptors (Lipinski definition) is 1. The van der Waals surface area contributed by atoms with Crippen LogP contribution < -0.4 is 0 Å². The van der Waals surface area contributed by atoms with Gasteiger partial charge in [-0.2, -0.15) is 0 Å². The Hall–Kier alpha value is 0.150. The Bertz CT molecular complexity index is 126. The molecule has 0 aromatic heterocycles. The summed E-state index contributed by atoms with van der Waals surface area (Å²) in [6, 6.07) is 0. The second kappa shape index (κ2) is 14.2. The number of unbranched alkanes of at least 4 members (excludes halogenated alkanes) is 10. The van der Waals surface area contributed by atoms with Crippen molar-refractivity contribution < 1.29 is 4.79 Å². The molecule has 0 atom stereocenters. The molecule has 0 bridgehead atoms. The topological polar surface area (TPSA) is 17.1 Å². The van der Waals surface area contributed by atoms with Crippen molar-refractivity contribution >= 4 is 22.2 Å². The number of hydrogen-bond donors (Lipinski definition) is 0. The SMILES string of the molecule is O=CCCCCCCCCCCCCBr. The summed E-state index contributed by atoms with van der Waals surface area (Å²) in [5.74, 6) is 0. The molecule has 15 heavy (non-hydrogen) atoms. The van der Waals surface area contributed by atoms with E-state index in [1.54, 1.807) is 0 Å². The quantitative estimate of drug-likeness (QED) is 0.282. The molecule has 0 aromatic rings. The van der Waals surface area contributed by atoms with Gasteiger partial charge in [0, 0.05) is 11.8 Å². The summed E-state index contributed by atoms with van der Waals surface area (Å²) in [7, 11) is 0. The van der Waals surface area contributed by atoms with E-state index >= 15 is 0 Å². The fourth-order valence-electron chi connectivity index (χ4n) is 1.74. The number of alkyl halides is 1. The monoisotopic (exact) mass is 276 g/mol. The molecule has 0 aromatic carbocycles. The first-order chi connectivity index (χ1) is 7.41. The van der Waals surface area contributed by atoms with Crippen LogP contribution in [0.4, 0.5) is 0 Å². The van der Waals surface area contributed by atoms with Gasteiger partial charge >= 0.3 is 0 Å². The highest BCUT2D eigenvalue weighted by Gasteiger charge is 1.92. The summed E-state index contributed by atoms with van der Waals surface area (Å²) in [6.45, 7) is 0. The van der Waals surface area contributed by atoms with Crippen LogP contribution in [0.5, 0.6) is 0 Å². The zero-order valence-electron chi connectivity index (χ0n) is 9.85. The van der Waals surface area contributed by atoms with Crippen LogP contribution in [-0.2, 0) is 4.79 Å². The van der Waals surface area contributed by atoms with E-state index in [9.17, 15) is 4.79 Å². The van der Waals surface area contributed by atoms with E-state index in [2.05, 4.69) is 15.9 Å². The number of aldehydes is 1. The van der Waals surface area contributed by atoms with Gasteiger partial charge in [-0.25, -0.2) is 0 Å². The Morgan fingerprint density at radius 2 is 1.07 bits per heavy atom. The van der Waals surface area contributed by atoms with Crippen LogP contribution in [0.1, 0.15) is 70.6 Å². The largest absolute Gasteiger partial charge is 0.303 e. The minimum absolute atomic E-state index is 0.756. The summed E-state index contributed by atoms with van der Waals surface area (Å²) in [5.41, 5.74) is 0. The molecule has 0 saturated heterocycles. The van der Waals surface area contributed by atoms with Crippen LogP contribution in [-0.4, -0.2) is 11.6 Å². The Balaban J connectivity index is 2.83. The number of carbonyl (C=O) groups excluding carboxylic acids is 1. The van der Waals surface area contributed by atoms with E-state index in [4.69, 9.17) is 0 Å². The summed E-state index contributed by atoms with van der Waals surface area (Å²) in [4.78, 5) is 10.1. The molecule has 0 N–H and O–H groups in total. The third-order valence-electron chi connectivity index (χ3n) is 2.71. The third-order valence-corrected chi connectivity index (χ3v) is 3.27. The van der Waals surface area contributed by atoms with Crippen molar-refractivity contribution in [2.45, 2.75) is 70.6 Å². The zero-order chi connectivity index (χ0) is 11.2. The van der Waals surface area contributed by atoms with Crippen molar-refractivity contribution in [3.8, 4) is 0 Å². The molecule has 2 heteroatoms. The predicted octanol–water partition coefficient (Wildman–Crippen LogP) is 4.87. The fourth-order valence-corrected chi connectivity index (χ4v) is 2.13. The van der Waals surface area contributed by atoms with Crippen molar-refractivity contribution in [1.82, 2.24) is 0 Å². The van der Waals surface area contributed by atoms with E-state index in [1.807, 2.05) is 0 Å². The Morgan fingerprint density at radius 1 is 0.667 bits per heavy atom. The molecule has 0 amide bonds. The molecule has 1 nitrogen and oxygen atoms in total. The maximum absolute atomic E-state index is 10.1. The average Bonchev–Trinajstić information content (AvgIpc) is 2.26. The van der Waals surface area contributed by atoms with Gasteiger partial charge in [0.15, 0.2) is 0 Å². The van der Waals surface area contributed by atoms with E-state index in [0.29, 0.717) is 0 Å². The number of halogens is 1. The Kier molecular flexibility index (Phi) is 14.3. The van der Waals surface area contributed by atoms with E-state index in [1.165, 1.54) is 57.8 Å². The highest BCUT2D eigenvalue weighted by atomic mass is 79.9. The highest BCUT2D eigenvalue weighted by Crippen LogP contribution is 2.11. The van der Waals surface area contributed by atoms with Crippen LogP contribution in [0, 0.1) is 0 Å². The van der Waals surface area contributed by atoms with Gasteiger partial charge in [-0.05, 0) is 12.8 Å². The highest BCUT2D eigenvalue weighted by molar-refractivity contribution is 9.09. The van der Waals surface area contributed by atoms with Crippen molar-refractivity contribution in [1.29, 1.82) is 0 Å². The molecule has 90 valence electrons. The smallest absolute Gasteiger partial charge is 0.119 e. The lowest BCUT2D eigenvalue weighted by Gasteiger charge is -2.01. The van der Waals surface area contributed by atoms with E-state index in [0.717, 1.165) is 24.5 Å². The lowest BCUT2D eigenvalue weighted by Crippen LogP contribution is -1.83. The standard InChI is InChI=1S/C13H25BrO/c14-12-10-8-6-4-2-1-3-5-7-9-11-13-15/h13H,1-12H2. The van der Waals surface area contributed by atoms with Gasteiger partial charge in [0.05, 0.1) is 0 Å². The molecule has 0 aliphatic heterocycles.